The molecule has 0 atom stereocenters. The van der Waals surface area contributed by atoms with E-state index in [2.05, 4.69) is 19.9 Å². The summed E-state index contributed by atoms with van der Waals surface area (Å²) in [5, 5.41) is 13.0. The van der Waals surface area contributed by atoms with Gasteiger partial charge in [-0.25, -0.2) is 4.79 Å². The first kappa shape index (κ1) is 15.3. The Bertz CT molecular complexity index is 1410. The van der Waals surface area contributed by atoms with Crippen LogP contribution in [0.15, 0.2) is 48.5 Å². The fraction of sp³-hybridized carbons (Fsp3) is 0. The van der Waals surface area contributed by atoms with Gasteiger partial charge < -0.3 is 25.0 Å². The van der Waals surface area contributed by atoms with Crippen LogP contribution in [-0.2, 0) is 4.79 Å². The van der Waals surface area contributed by atoms with Gasteiger partial charge in [-0.2, -0.15) is 0 Å². The smallest absolute Gasteiger partial charge is 0.339 e. The third-order valence-corrected chi connectivity index (χ3v) is 4.56. The molecule has 6 nitrogen and oxygen atoms in total. The molecule has 0 radical (unpaired) electrons. The molecule has 27 heavy (non-hydrogen) atoms. The standard InChI is InChI=1S/C21H16N4O2/c26-21(27)20-18-7-5-16(24-18)10-14-3-1-12(22-14)9-13-2-4-15(23-13)11-17-6-8-19(20)25-17/h1-11,22-25H,(H,26,27). The minimum atomic E-state index is -0.989. The van der Waals surface area contributed by atoms with Gasteiger partial charge in [-0.3, -0.25) is 0 Å². The van der Waals surface area contributed by atoms with Crippen LogP contribution in [0.25, 0.3) is 23.8 Å². The number of rotatable bonds is 1. The molecule has 5 rings (SSSR count). The third kappa shape index (κ3) is 2.83. The molecule has 5 heterocycles. The topological polar surface area (TPSA) is 100 Å². The SMILES string of the molecule is O=C(O)C1=c2ccc([nH]2)=Cc2ccc([nH]2)C=c2ccc([nH]2)=Cc2ccc1[nH]2. The van der Waals surface area contributed by atoms with E-state index >= 15 is 0 Å². The van der Waals surface area contributed by atoms with Crippen LogP contribution in [0, 0.1) is 0 Å². The third-order valence-electron chi connectivity index (χ3n) is 4.56. The Balaban J connectivity index is 1.84. The first-order chi connectivity index (χ1) is 13.1. The van der Waals surface area contributed by atoms with E-state index in [1.54, 1.807) is 12.1 Å². The van der Waals surface area contributed by atoms with Crippen LogP contribution in [0.1, 0.15) is 22.8 Å². The molecule has 132 valence electrons. The summed E-state index contributed by atoms with van der Waals surface area (Å²) in [5.41, 5.74) is 3.49. The van der Waals surface area contributed by atoms with E-state index in [0.29, 0.717) is 11.0 Å². The molecule has 5 N–H and O–H groups in total. The molecule has 0 saturated carbocycles. The number of fused-ring (bicyclic) bond motifs is 8. The molecule has 4 aromatic rings. The molecule has 8 bridgehead atoms. The predicted octanol–water partition coefficient (Wildman–Crippen LogP) is 0.0824. The van der Waals surface area contributed by atoms with E-state index in [1.165, 1.54) is 0 Å². The minimum absolute atomic E-state index is 0.203. The van der Waals surface area contributed by atoms with Crippen molar-refractivity contribution < 1.29 is 9.90 Å². The first-order valence-corrected chi connectivity index (χ1v) is 8.55. The van der Waals surface area contributed by atoms with E-state index < -0.39 is 5.97 Å². The Labute approximate surface area is 152 Å². The monoisotopic (exact) mass is 356 g/mol. The van der Waals surface area contributed by atoms with Crippen LogP contribution in [0.2, 0.25) is 0 Å². The lowest BCUT2D eigenvalue weighted by atomic mass is 10.2. The van der Waals surface area contributed by atoms with E-state index in [4.69, 9.17) is 0 Å². The van der Waals surface area contributed by atoms with E-state index in [1.807, 2.05) is 54.6 Å². The number of nitrogens with one attached hydrogen (secondary N) is 4. The number of carboxylic acid groups (broad SMARTS) is 1. The van der Waals surface area contributed by atoms with Gasteiger partial charge in [0, 0.05) is 33.1 Å². The molecule has 0 amide bonds. The van der Waals surface area contributed by atoms with Gasteiger partial charge in [0.05, 0.1) is 11.0 Å². The summed E-state index contributed by atoms with van der Waals surface area (Å²) >= 11 is 0. The van der Waals surface area contributed by atoms with Crippen LogP contribution in [0.5, 0.6) is 0 Å². The highest BCUT2D eigenvalue weighted by Crippen LogP contribution is 2.12. The number of H-pyrrole nitrogens is 4. The van der Waals surface area contributed by atoms with Gasteiger partial charge in [0.1, 0.15) is 5.57 Å². The predicted molar refractivity (Wildman–Crippen MR) is 103 cm³/mol. The zero-order valence-electron chi connectivity index (χ0n) is 14.2. The number of hydrogen-bond donors (Lipinski definition) is 5. The molecule has 0 aromatic carbocycles. The first-order valence-electron chi connectivity index (χ1n) is 8.55. The van der Waals surface area contributed by atoms with Crippen LogP contribution >= 0.6 is 0 Å². The second-order valence-electron chi connectivity index (χ2n) is 6.51. The lowest BCUT2D eigenvalue weighted by molar-refractivity contribution is -0.130. The maximum absolute atomic E-state index is 11.9. The second kappa shape index (κ2) is 5.81. The molecule has 1 aliphatic heterocycles. The van der Waals surface area contributed by atoms with Gasteiger partial charge in [0.2, 0.25) is 0 Å². The highest BCUT2D eigenvalue weighted by atomic mass is 16.4. The van der Waals surface area contributed by atoms with Gasteiger partial charge >= 0.3 is 5.97 Å². The Kier molecular flexibility index (Phi) is 3.30. The van der Waals surface area contributed by atoms with Crippen molar-refractivity contribution in [3.63, 3.8) is 0 Å². The minimum Gasteiger partial charge on any atom is -0.478 e. The lowest BCUT2D eigenvalue weighted by Gasteiger charge is -1.98. The van der Waals surface area contributed by atoms with E-state index in [-0.39, 0.29) is 5.57 Å². The summed E-state index contributed by atoms with van der Waals surface area (Å²) in [5.74, 6) is -0.989. The van der Waals surface area contributed by atoms with E-state index in [0.717, 1.165) is 33.1 Å². The van der Waals surface area contributed by atoms with Crippen molar-refractivity contribution in [3.05, 3.63) is 92.7 Å². The number of carboxylic acids is 1. The number of aromatic amines is 4. The molecule has 0 aliphatic carbocycles. The Hall–Kier alpha value is -3.93. The molecular formula is C21H16N4O2. The zero-order chi connectivity index (χ0) is 18.4. The average Bonchev–Trinajstić information content (AvgIpc) is 3.39. The van der Waals surface area contributed by atoms with Gasteiger partial charge in [-0.1, -0.05) is 0 Å². The van der Waals surface area contributed by atoms with Gasteiger partial charge in [-0.15, -0.1) is 0 Å². The Morgan fingerprint density at radius 1 is 0.630 bits per heavy atom. The second-order valence-corrected chi connectivity index (χ2v) is 6.51. The summed E-state index contributed by atoms with van der Waals surface area (Å²) in [6.45, 7) is 0. The van der Waals surface area contributed by atoms with Crippen LogP contribution < -0.4 is 21.4 Å². The van der Waals surface area contributed by atoms with Gasteiger partial charge in [0.15, 0.2) is 0 Å². The van der Waals surface area contributed by atoms with Crippen molar-refractivity contribution in [2.45, 2.75) is 0 Å². The summed E-state index contributed by atoms with van der Waals surface area (Å²) in [6, 6.07) is 15.3. The maximum atomic E-state index is 11.9. The maximum Gasteiger partial charge on any atom is 0.339 e. The van der Waals surface area contributed by atoms with Gasteiger partial charge in [0.25, 0.3) is 0 Å². The lowest BCUT2D eigenvalue weighted by Crippen LogP contribution is -2.18. The zero-order valence-corrected chi connectivity index (χ0v) is 14.2. The molecule has 0 spiro atoms. The summed E-state index contributed by atoms with van der Waals surface area (Å²) < 4.78 is 0. The molecule has 0 unspecified atom stereocenters. The Morgan fingerprint density at radius 3 is 1.85 bits per heavy atom. The van der Waals surface area contributed by atoms with Gasteiger partial charge in [-0.05, 0) is 66.8 Å². The number of carbonyl (C=O) groups is 1. The van der Waals surface area contributed by atoms with Crippen molar-refractivity contribution in [2.75, 3.05) is 0 Å². The number of aromatic nitrogens is 4. The highest BCUT2D eigenvalue weighted by molar-refractivity contribution is 6.14. The van der Waals surface area contributed by atoms with Crippen LogP contribution in [0.4, 0.5) is 0 Å². The van der Waals surface area contributed by atoms with Crippen LogP contribution in [-0.4, -0.2) is 31.0 Å². The molecular weight excluding hydrogens is 340 g/mol. The Morgan fingerprint density at radius 2 is 1.19 bits per heavy atom. The summed E-state index contributed by atoms with van der Waals surface area (Å²) in [6.07, 6.45) is 5.93. The van der Waals surface area contributed by atoms with Crippen molar-refractivity contribution in [1.82, 2.24) is 19.9 Å². The van der Waals surface area contributed by atoms with Crippen molar-refractivity contribution in [2.24, 2.45) is 0 Å². The number of aliphatic carboxylic acids is 1. The fourth-order valence-electron chi connectivity index (χ4n) is 3.36. The summed E-state index contributed by atoms with van der Waals surface area (Å²) in [4.78, 5) is 24.9. The highest BCUT2D eigenvalue weighted by Gasteiger charge is 2.14. The van der Waals surface area contributed by atoms with Crippen LogP contribution in [0.3, 0.4) is 0 Å². The quantitative estimate of drug-likeness (QED) is 0.334. The average molecular weight is 356 g/mol. The van der Waals surface area contributed by atoms with Crippen molar-refractivity contribution >= 4 is 29.8 Å². The molecule has 0 fully saturated rings. The molecule has 0 saturated heterocycles. The van der Waals surface area contributed by atoms with E-state index in [9.17, 15) is 9.90 Å². The summed E-state index contributed by atoms with van der Waals surface area (Å²) in [7, 11) is 0. The normalized spacial score (nSPS) is 12.8. The molecule has 6 heteroatoms. The molecule has 4 aromatic heterocycles. The largest absolute Gasteiger partial charge is 0.478 e. The number of hydrogen-bond acceptors (Lipinski definition) is 1. The van der Waals surface area contributed by atoms with Crippen molar-refractivity contribution in [3.8, 4) is 0 Å². The van der Waals surface area contributed by atoms with Crippen molar-refractivity contribution in [1.29, 1.82) is 0 Å². The fourth-order valence-corrected chi connectivity index (χ4v) is 3.36. The molecule has 1 aliphatic rings.